The molecule has 0 saturated carbocycles. The first-order valence-corrected chi connectivity index (χ1v) is 8.55. The van der Waals surface area contributed by atoms with Crippen LogP contribution in [0, 0.1) is 0 Å². The molecule has 0 amide bonds. The third-order valence-corrected chi connectivity index (χ3v) is 6.55. The zero-order valence-electron chi connectivity index (χ0n) is 11.4. The molecule has 0 atom stereocenters. The summed E-state index contributed by atoms with van der Waals surface area (Å²) >= 11 is 0.879. The minimum absolute atomic E-state index is 0.116. The van der Waals surface area contributed by atoms with Crippen LogP contribution in [0.2, 0.25) is 0 Å². The summed E-state index contributed by atoms with van der Waals surface area (Å²) in [4.78, 5) is 24.7. The van der Waals surface area contributed by atoms with E-state index in [1.54, 1.807) is 24.3 Å². The minimum atomic E-state index is -4.32. The summed E-state index contributed by atoms with van der Waals surface area (Å²) < 4.78 is 26.1. The molecule has 8 nitrogen and oxygen atoms in total. The van der Waals surface area contributed by atoms with Gasteiger partial charge in [-0.25, -0.2) is 4.79 Å². The van der Waals surface area contributed by atoms with Crippen molar-refractivity contribution in [2.75, 3.05) is 0 Å². The van der Waals surface area contributed by atoms with E-state index in [0.717, 1.165) is 17.5 Å². The van der Waals surface area contributed by atoms with E-state index in [1.165, 1.54) is 0 Å². The summed E-state index contributed by atoms with van der Waals surface area (Å²) in [7, 11) is -4.32. The average molecular weight is 354 g/mol. The normalized spacial score (nSPS) is 11.8. The Morgan fingerprint density at radius 2 is 2.00 bits per heavy atom. The number of aromatic nitrogens is 2. The van der Waals surface area contributed by atoms with Gasteiger partial charge in [0.2, 0.25) is 5.88 Å². The average Bonchev–Trinajstić information content (AvgIpc) is 3.00. The van der Waals surface area contributed by atoms with Crippen molar-refractivity contribution in [3.05, 3.63) is 46.5 Å². The zero-order chi connectivity index (χ0) is 16.8. The maximum absolute atomic E-state index is 12.7. The van der Waals surface area contributed by atoms with Crippen LogP contribution >= 0.6 is 11.3 Å². The monoisotopic (exact) mass is 354 g/mol. The summed E-state index contributed by atoms with van der Waals surface area (Å²) in [6.45, 7) is 0. The van der Waals surface area contributed by atoms with E-state index < -0.39 is 34.0 Å². The van der Waals surface area contributed by atoms with Crippen molar-refractivity contribution in [2.45, 2.75) is 10.6 Å². The van der Waals surface area contributed by atoms with Crippen LogP contribution in [0.25, 0.3) is 10.1 Å². The summed E-state index contributed by atoms with van der Waals surface area (Å²) in [5, 5.41) is 18.8. The van der Waals surface area contributed by atoms with Crippen LogP contribution in [0.4, 0.5) is 0 Å². The van der Waals surface area contributed by atoms with Gasteiger partial charge in [0, 0.05) is 10.3 Å². The van der Waals surface area contributed by atoms with Crippen molar-refractivity contribution >= 4 is 37.4 Å². The first kappa shape index (κ1) is 15.3. The number of hydrogen-bond acceptors (Lipinski definition) is 6. The predicted molar refractivity (Wildman–Crippen MR) is 82.5 cm³/mol. The number of aromatic amines is 1. The Hall–Kier alpha value is -2.59. The number of H-pyrrole nitrogens is 1. The SMILES string of the molecule is O=C(O)Cc1c(S(=O)(=O)n2cc(O)[nH]c2=O)sc2ccccc12. The van der Waals surface area contributed by atoms with Gasteiger partial charge in [-0.3, -0.25) is 9.78 Å². The Labute approximate surface area is 133 Å². The molecule has 0 aliphatic heterocycles. The third-order valence-electron chi connectivity index (χ3n) is 3.16. The van der Waals surface area contributed by atoms with Crippen molar-refractivity contribution in [1.82, 2.24) is 8.96 Å². The van der Waals surface area contributed by atoms with Gasteiger partial charge >= 0.3 is 11.7 Å². The van der Waals surface area contributed by atoms with Crippen molar-refractivity contribution in [1.29, 1.82) is 0 Å². The number of nitrogens with zero attached hydrogens (tertiary/aromatic N) is 1. The summed E-state index contributed by atoms with van der Waals surface area (Å²) in [5.41, 5.74) is -0.910. The van der Waals surface area contributed by atoms with Gasteiger partial charge in [0.25, 0.3) is 10.0 Å². The van der Waals surface area contributed by atoms with Crippen molar-refractivity contribution in [3.63, 3.8) is 0 Å². The van der Waals surface area contributed by atoms with E-state index >= 15 is 0 Å². The topological polar surface area (TPSA) is 129 Å². The van der Waals surface area contributed by atoms with Crippen molar-refractivity contribution < 1.29 is 23.4 Å². The Morgan fingerprint density at radius 1 is 1.30 bits per heavy atom. The van der Waals surface area contributed by atoms with Gasteiger partial charge in [0.15, 0.2) is 0 Å². The van der Waals surface area contributed by atoms with Gasteiger partial charge in [0.1, 0.15) is 4.21 Å². The molecule has 0 aliphatic rings. The largest absolute Gasteiger partial charge is 0.493 e. The molecule has 2 heterocycles. The van der Waals surface area contributed by atoms with Gasteiger partial charge in [-0.05, 0) is 11.5 Å². The molecule has 2 aromatic heterocycles. The van der Waals surface area contributed by atoms with Crippen LogP contribution in [0.15, 0.2) is 39.5 Å². The Balaban J connectivity index is 2.32. The highest BCUT2D eigenvalue weighted by Gasteiger charge is 2.28. The molecule has 10 heteroatoms. The number of fused-ring (bicyclic) bond motifs is 1. The number of benzene rings is 1. The molecule has 1 aromatic carbocycles. The third kappa shape index (κ3) is 2.51. The highest BCUT2D eigenvalue weighted by molar-refractivity contribution is 7.92. The number of carboxylic acids is 1. The standard InChI is InChI=1S/C13H10N2O6S2/c16-10-6-15(13(19)14-10)23(20,21)12-8(5-11(17)18)7-3-1-2-4-9(7)22-12/h1-4,6,16H,5H2,(H,14,19)(H,17,18). The summed E-state index contributed by atoms with van der Waals surface area (Å²) in [6, 6.07) is 6.67. The predicted octanol–water partition coefficient (Wildman–Crippen LogP) is 0.961. The Kier molecular flexibility index (Phi) is 3.49. The summed E-state index contributed by atoms with van der Waals surface area (Å²) in [5.74, 6) is -1.78. The lowest BCUT2D eigenvalue weighted by molar-refractivity contribution is -0.136. The molecule has 3 rings (SSSR count). The molecule has 0 bridgehead atoms. The van der Waals surface area contributed by atoms with Gasteiger partial charge in [0.05, 0.1) is 12.6 Å². The second-order valence-corrected chi connectivity index (χ2v) is 7.74. The van der Waals surface area contributed by atoms with E-state index in [0.29, 0.717) is 14.1 Å². The number of carbonyl (C=O) groups is 1. The summed E-state index contributed by atoms with van der Waals surface area (Å²) in [6.07, 6.45) is 0.246. The number of hydrogen-bond donors (Lipinski definition) is 3. The number of aromatic hydroxyl groups is 1. The van der Waals surface area contributed by atoms with E-state index in [4.69, 9.17) is 5.11 Å². The molecule has 0 spiro atoms. The lowest BCUT2D eigenvalue weighted by atomic mass is 10.1. The van der Waals surface area contributed by atoms with Crippen LogP contribution in [-0.4, -0.2) is 33.6 Å². The minimum Gasteiger partial charge on any atom is -0.493 e. The maximum Gasteiger partial charge on any atom is 0.342 e. The number of carboxylic acid groups (broad SMARTS) is 1. The van der Waals surface area contributed by atoms with Crippen LogP contribution < -0.4 is 5.69 Å². The highest BCUT2D eigenvalue weighted by Crippen LogP contribution is 2.35. The molecule has 0 saturated heterocycles. The molecule has 0 unspecified atom stereocenters. The lowest BCUT2D eigenvalue weighted by Crippen LogP contribution is -2.24. The Bertz CT molecular complexity index is 1070. The number of aliphatic carboxylic acids is 1. The molecule has 0 fully saturated rings. The fraction of sp³-hybridized carbons (Fsp3) is 0.0769. The molecular formula is C13H10N2O6S2. The van der Waals surface area contributed by atoms with Gasteiger partial charge in [-0.2, -0.15) is 12.4 Å². The van der Waals surface area contributed by atoms with Crippen LogP contribution in [0.1, 0.15) is 5.56 Å². The first-order chi connectivity index (χ1) is 10.8. The molecule has 120 valence electrons. The number of imidazole rings is 1. The molecule has 23 heavy (non-hydrogen) atoms. The van der Waals surface area contributed by atoms with Crippen LogP contribution in [0.3, 0.4) is 0 Å². The fourth-order valence-electron chi connectivity index (χ4n) is 2.24. The highest BCUT2D eigenvalue weighted by atomic mass is 32.2. The van der Waals surface area contributed by atoms with E-state index in [-0.39, 0.29) is 9.77 Å². The van der Waals surface area contributed by atoms with Gasteiger partial charge in [-0.15, -0.1) is 11.3 Å². The fourth-order valence-corrected chi connectivity index (χ4v) is 5.30. The van der Waals surface area contributed by atoms with E-state index in [2.05, 4.69) is 0 Å². The second kappa shape index (κ2) is 5.25. The molecular weight excluding hydrogens is 344 g/mol. The van der Waals surface area contributed by atoms with E-state index in [9.17, 15) is 23.1 Å². The lowest BCUT2D eigenvalue weighted by Gasteiger charge is -2.04. The number of thiophene rings is 1. The van der Waals surface area contributed by atoms with E-state index in [1.807, 2.05) is 4.98 Å². The quantitative estimate of drug-likeness (QED) is 0.640. The Morgan fingerprint density at radius 3 is 2.61 bits per heavy atom. The van der Waals surface area contributed by atoms with Gasteiger partial charge in [-0.1, -0.05) is 18.2 Å². The number of rotatable bonds is 4. The van der Waals surface area contributed by atoms with Crippen molar-refractivity contribution in [2.24, 2.45) is 0 Å². The molecule has 0 aliphatic carbocycles. The maximum atomic E-state index is 12.7. The van der Waals surface area contributed by atoms with Gasteiger partial charge < -0.3 is 10.2 Å². The zero-order valence-corrected chi connectivity index (χ0v) is 13.0. The molecule has 3 N–H and O–H groups in total. The first-order valence-electron chi connectivity index (χ1n) is 6.29. The van der Waals surface area contributed by atoms with Crippen LogP contribution in [0.5, 0.6) is 5.88 Å². The second-order valence-electron chi connectivity index (χ2n) is 4.68. The number of nitrogens with one attached hydrogen (secondary N) is 1. The molecule has 0 radical (unpaired) electrons. The van der Waals surface area contributed by atoms with Crippen molar-refractivity contribution in [3.8, 4) is 5.88 Å². The smallest absolute Gasteiger partial charge is 0.342 e. The van der Waals surface area contributed by atoms with Crippen LogP contribution in [-0.2, 0) is 21.2 Å². The molecule has 3 aromatic rings.